The Morgan fingerprint density at radius 2 is 1.95 bits per heavy atom. The topological polar surface area (TPSA) is 46.4 Å². The van der Waals surface area contributed by atoms with Gasteiger partial charge in [0, 0.05) is 30.1 Å². The minimum atomic E-state index is -0.386. The van der Waals surface area contributed by atoms with Crippen LogP contribution >= 0.6 is 34.5 Å². The first kappa shape index (κ1) is 15.6. The normalized spacial score (nSPS) is 14.5. The number of benzene rings is 1. The molecule has 0 amide bonds. The molecule has 0 saturated carbocycles. The average molecular weight is 357 g/mol. The number of hydrogen-bond donors (Lipinski definition) is 0. The summed E-state index contributed by atoms with van der Waals surface area (Å²) in [5.41, 5.74) is 2.17. The Morgan fingerprint density at radius 1 is 1.23 bits per heavy atom. The van der Waals surface area contributed by atoms with E-state index in [2.05, 4.69) is 4.90 Å². The van der Waals surface area contributed by atoms with Gasteiger partial charge in [-0.15, -0.1) is 11.3 Å². The third kappa shape index (κ3) is 3.07. The summed E-state index contributed by atoms with van der Waals surface area (Å²) in [6, 6.07) is 6.67. The molecule has 22 heavy (non-hydrogen) atoms. The molecule has 3 rings (SSSR count). The summed E-state index contributed by atoms with van der Waals surface area (Å²) < 4.78 is 0.641. The van der Waals surface area contributed by atoms with Gasteiger partial charge in [-0.2, -0.15) is 0 Å². The first-order chi connectivity index (χ1) is 10.6. The van der Waals surface area contributed by atoms with Crippen molar-refractivity contribution in [2.75, 3.05) is 11.4 Å². The van der Waals surface area contributed by atoms with Crippen LogP contribution in [0.1, 0.15) is 23.3 Å². The highest BCUT2D eigenvalue weighted by atomic mass is 35.5. The van der Waals surface area contributed by atoms with Crippen molar-refractivity contribution in [1.82, 2.24) is 0 Å². The highest BCUT2D eigenvalue weighted by Crippen LogP contribution is 2.45. The van der Waals surface area contributed by atoms with E-state index in [4.69, 9.17) is 23.2 Å². The molecule has 7 heteroatoms. The van der Waals surface area contributed by atoms with Gasteiger partial charge >= 0.3 is 0 Å². The molecule has 0 bridgehead atoms. The molecule has 0 spiro atoms. The SMILES string of the molecule is O=[N+]([O-])c1ccc(CN2CCCCc3sc(Cl)c(Cl)c32)cc1. The molecule has 1 aromatic carbocycles. The van der Waals surface area contributed by atoms with Crippen LogP contribution in [0, 0.1) is 10.1 Å². The molecule has 0 aliphatic carbocycles. The van der Waals surface area contributed by atoms with E-state index in [1.807, 2.05) is 0 Å². The van der Waals surface area contributed by atoms with Crippen LogP contribution in [0.3, 0.4) is 0 Å². The summed E-state index contributed by atoms with van der Waals surface area (Å²) in [6.07, 6.45) is 3.22. The summed E-state index contributed by atoms with van der Waals surface area (Å²) in [5, 5.41) is 11.4. The van der Waals surface area contributed by atoms with Gasteiger partial charge in [-0.3, -0.25) is 10.1 Å². The van der Waals surface area contributed by atoms with Gasteiger partial charge in [0.2, 0.25) is 0 Å². The molecule has 0 atom stereocenters. The molecule has 1 aliphatic rings. The van der Waals surface area contributed by atoms with E-state index in [9.17, 15) is 10.1 Å². The number of non-ortho nitro benzene ring substituents is 1. The van der Waals surface area contributed by atoms with Crippen molar-refractivity contribution in [3.05, 3.63) is 54.2 Å². The maximum absolute atomic E-state index is 10.7. The summed E-state index contributed by atoms with van der Waals surface area (Å²) in [5.74, 6) is 0. The third-order valence-electron chi connectivity index (χ3n) is 3.78. The van der Waals surface area contributed by atoms with Crippen LogP contribution < -0.4 is 4.90 Å². The van der Waals surface area contributed by atoms with Crippen LogP contribution in [0.2, 0.25) is 9.36 Å². The molecular formula is C15H14Cl2N2O2S. The Hall–Kier alpha value is -1.30. The van der Waals surface area contributed by atoms with Crippen LogP contribution in [-0.2, 0) is 13.0 Å². The van der Waals surface area contributed by atoms with E-state index in [1.165, 1.54) is 17.0 Å². The lowest BCUT2D eigenvalue weighted by Gasteiger charge is -2.24. The van der Waals surface area contributed by atoms with Crippen molar-refractivity contribution >= 4 is 45.9 Å². The number of nitrogens with zero attached hydrogens (tertiary/aromatic N) is 2. The predicted molar refractivity (Wildman–Crippen MR) is 91.4 cm³/mol. The number of aryl methyl sites for hydroxylation is 1. The lowest BCUT2D eigenvalue weighted by atomic mass is 10.2. The van der Waals surface area contributed by atoms with Crippen LogP contribution in [0.25, 0.3) is 0 Å². The zero-order chi connectivity index (χ0) is 15.7. The van der Waals surface area contributed by atoms with Crippen molar-refractivity contribution in [1.29, 1.82) is 0 Å². The second-order valence-electron chi connectivity index (χ2n) is 5.26. The minimum absolute atomic E-state index is 0.108. The van der Waals surface area contributed by atoms with Gasteiger partial charge in [0.05, 0.1) is 15.6 Å². The molecule has 0 unspecified atom stereocenters. The molecular weight excluding hydrogens is 343 g/mol. The number of rotatable bonds is 3. The molecule has 116 valence electrons. The molecule has 0 N–H and O–H groups in total. The summed E-state index contributed by atoms with van der Waals surface area (Å²) in [6.45, 7) is 1.59. The lowest BCUT2D eigenvalue weighted by molar-refractivity contribution is -0.384. The second-order valence-corrected chi connectivity index (χ2v) is 7.35. The summed E-state index contributed by atoms with van der Waals surface area (Å²) >= 11 is 14.1. The summed E-state index contributed by atoms with van der Waals surface area (Å²) in [4.78, 5) is 13.8. The van der Waals surface area contributed by atoms with Crippen molar-refractivity contribution in [2.45, 2.75) is 25.8 Å². The third-order valence-corrected chi connectivity index (χ3v) is 5.80. The van der Waals surface area contributed by atoms with Gasteiger partial charge in [0.15, 0.2) is 0 Å². The van der Waals surface area contributed by atoms with E-state index >= 15 is 0 Å². The smallest absolute Gasteiger partial charge is 0.269 e. The van der Waals surface area contributed by atoms with E-state index in [-0.39, 0.29) is 10.6 Å². The number of hydrogen-bond acceptors (Lipinski definition) is 4. The monoisotopic (exact) mass is 356 g/mol. The minimum Gasteiger partial charge on any atom is -0.365 e. The first-order valence-electron chi connectivity index (χ1n) is 7.01. The standard InChI is InChI=1S/C15H14Cl2N2O2S/c16-13-14-12(22-15(13)17)3-1-2-8-18(14)9-10-4-6-11(7-5-10)19(20)21/h4-7H,1-3,8-9H2. The van der Waals surface area contributed by atoms with E-state index < -0.39 is 0 Å². The van der Waals surface area contributed by atoms with E-state index in [1.54, 1.807) is 23.5 Å². The molecule has 2 heterocycles. The van der Waals surface area contributed by atoms with Crippen molar-refractivity contribution in [3.63, 3.8) is 0 Å². The van der Waals surface area contributed by atoms with Crippen molar-refractivity contribution < 1.29 is 4.92 Å². The Balaban J connectivity index is 1.87. The molecule has 4 nitrogen and oxygen atoms in total. The zero-order valence-corrected chi connectivity index (χ0v) is 14.0. The fourth-order valence-electron chi connectivity index (χ4n) is 2.70. The maximum atomic E-state index is 10.7. The van der Waals surface area contributed by atoms with Crippen LogP contribution in [0.5, 0.6) is 0 Å². The Morgan fingerprint density at radius 3 is 2.64 bits per heavy atom. The highest BCUT2D eigenvalue weighted by Gasteiger charge is 2.23. The maximum Gasteiger partial charge on any atom is 0.269 e. The molecule has 2 aromatic rings. The molecule has 0 radical (unpaired) electrons. The fraction of sp³-hybridized carbons (Fsp3) is 0.333. The summed E-state index contributed by atoms with van der Waals surface area (Å²) in [7, 11) is 0. The first-order valence-corrected chi connectivity index (χ1v) is 8.58. The van der Waals surface area contributed by atoms with Gasteiger partial charge < -0.3 is 4.90 Å². The Bertz CT molecular complexity index is 700. The van der Waals surface area contributed by atoms with Crippen molar-refractivity contribution in [2.24, 2.45) is 0 Å². The Kier molecular flexibility index (Phi) is 4.57. The number of thiophene rings is 1. The van der Waals surface area contributed by atoms with Gasteiger partial charge in [-0.05, 0) is 24.8 Å². The molecule has 0 saturated heterocycles. The molecule has 1 aliphatic heterocycles. The van der Waals surface area contributed by atoms with Crippen LogP contribution in [0.15, 0.2) is 24.3 Å². The van der Waals surface area contributed by atoms with Crippen molar-refractivity contribution in [3.8, 4) is 0 Å². The lowest BCUT2D eigenvalue weighted by Crippen LogP contribution is -2.23. The number of nitro benzene ring substituents is 1. The predicted octanol–water partition coefficient (Wildman–Crippen LogP) is 5.31. The quantitative estimate of drug-likeness (QED) is 0.553. The highest BCUT2D eigenvalue weighted by molar-refractivity contribution is 7.17. The van der Waals surface area contributed by atoms with E-state index in [0.717, 1.165) is 37.1 Å². The largest absolute Gasteiger partial charge is 0.365 e. The number of halogens is 2. The van der Waals surface area contributed by atoms with Crippen LogP contribution in [-0.4, -0.2) is 11.5 Å². The fourth-order valence-corrected chi connectivity index (χ4v) is 4.45. The molecule has 0 fully saturated rings. The number of nitro groups is 1. The van der Waals surface area contributed by atoms with E-state index in [0.29, 0.717) is 15.9 Å². The number of fused-ring (bicyclic) bond motifs is 1. The second kappa shape index (κ2) is 6.44. The van der Waals surface area contributed by atoms with Gasteiger partial charge in [-0.25, -0.2) is 0 Å². The molecule has 1 aromatic heterocycles. The van der Waals surface area contributed by atoms with Gasteiger partial charge in [0.25, 0.3) is 5.69 Å². The number of anilines is 1. The van der Waals surface area contributed by atoms with Gasteiger partial charge in [-0.1, -0.05) is 35.3 Å². The van der Waals surface area contributed by atoms with Crippen LogP contribution in [0.4, 0.5) is 11.4 Å². The van der Waals surface area contributed by atoms with Gasteiger partial charge in [0.1, 0.15) is 4.34 Å². The Labute approximate surface area is 142 Å². The zero-order valence-electron chi connectivity index (χ0n) is 11.7. The average Bonchev–Trinajstić information content (AvgIpc) is 2.67.